The molecular weight excluding hydrogens is 158 g/mol. The molecule has 0 spiro atoms. The first-order valence-corrected chi connectivity index (χ1v) is 5.03. The van der Waals surface area contributed by atoms with Crippen molar-refractivity contribution in [1.29, 1.82) is 0 Å². The fourth-order valence-corrected chi connectivity index (χ4v) is 1.84. The lowest BCUT2D eigenvalue weighted by Gasteiger charge is -2.21. The predicted molar refractivity (Wildman–Crippen MR) is 55.5 cm³/mol. The molecular formula is C12H16N. The Bertz CT molecular complexity index is 237. The van der Waals surface area contributed by atoms with Gasteiger partial charge in [-0.15, -0.1) is 0 Å². The minimum Gasteiger partial charge on any atom is -0.317 e. The van der Waals surface area contributed by atoms with E-state index in [-0.39, 0.29) is 0 Å². The van der Waals surface area contributed by atoms with Crippen molar-refractivity contribution < 1.29 is 0 Å². The van der Waals surface area contributed by atoms with Crippen molar-refractivity contribution in [2.45, 2.75) is 19.3 Å². The summed E-state index contributed by atoms with van der Waals surface area (Å²) in [6.45, 7) is 2.34. The maximum absolute atomic E-state index is 3.38. The first-order valence-electron chi connectivity index (χ1n) is 5.03. The van der Waals surface area contributed by atoms with Gasteiger partial charge in [-0.05, 0) is 43.8 Å². The van der Waals surface area contributed by atoms with Crippen molar-refractivity contribution in [3.63, 3.8) is 0 Å². The minimum absolute atomic E-state index is 1.17. The van der Waals surface area contributed by atoms with Crippen LogP contribution in [0, 0.1) is 5.92 Å². The van der Waals surface area contributed by atoms with Gasteiger partial charge in [-0.2, -0.15) is 0 Å². The molecule has 13 heavy (non-hydrogen) atoms. The first kappa shape index (κ1) is 8.76. The van der Waals surface area contributed by atoms with E-state index >= 15 is 0 Å². The van der Waals surface area contributed by atoms with Crippen LogP contribution in [0.1, 0.15) is 18.4 Å². The van der Waals surface area contributed by atoms with Crippen LogP contribution in [0.2, 0.25) is 0 Å². The lowest BCUT2D eigenvalue weighted by molar-refractivity contribution is 0.535. The Labute approximate surface area is 80.2 Å². The fraction of sp³-hybridized carbons (Fsp3) is 0.417. The highest BCUT2D eigenvalue weighted by molar-refractivity contribution is 5.19. The zero-order valence-electron chi connectivity index (χ0n) is 7.92. The molecule has 2 rings (SSSR count). The molecule has 0 unspecified atom stereocenters. The van der Waals surface area contributed by atoms with Gasteiger partial charge in [0, 0.05) is 0 Å². The van der Waals surface area contributed by atoms with Gasteiger partial charge in [0.25, 0.3) is 0 Å². The van der Waals surface area contributed by atoms with Gasteiger partial charge < -0.3 is 5.32 Å². The van der Waals surface area contributed by atoms with E-state index in [9.17, 15) is 0 Å². The van der Waals surface area contributed by atoms with Crippen LogP contribution in [0.3, 0.4) is 0 Å². The van der Waals surface area contributed by atoms with Crippen LogP contribution in [0.15, 0.2) is 30.3 Å². The zero-order chi connectivity index (χ0) is 8.93. The molecule has 0 aliphatic carbocycles. The molecule has 1 aromatic carbocycles. The number of hydrogen-bond donors (Lipinski definition) is 1. The van der Waals surface area contributed by atoms with Crippen LogP contribution in [-0.2, 0) is 6.42 Å². The average molecular weight is 174 g/mol. The molecule has 0 saturated carbocycles. The van der Waals surface area contributed by atoms with Crippen LogP contribution >= 0.6 is 0 Å². The highest BCUT2D eigenvalue weighted by atomic mass is 14.9. The molecule has 1 aromatic rings. The van der Waals surface area contributed by atoms with E-state index in [1.54, 1.807) is 5.92 Å². The van der Waals surface area contributed by atoms with Crippen LogP contribution in [-0.4, -0.2) is 13.1 Å². The van der Waals surface area contributed by atoms with Crippen molar-refractivity contribution in [3.8, 4) is 0 Å². The number of hydrogen-bond acceptors (Lipinski definition) is 1. The summed E-state index contributed by atoms with van der Waals surface area (Å²) in [6.07, 6.45) is 3.70. The second-order valence-electron chi connectivity index (χ2n) is 3.66. The average Bonchev–Trinajstić information content (AvgIpc) is 2.21. The Hall–Kier alpha value is -0.820. The Morgan fingerprint density at radius 1 is 1.00 bits per heavy atom. The highest BCUT2D eigenvalue weighted by Gasteiger charge is 2.13. The number of piperidine rings is 1. The van der Waals surface area contributed by atoms with E-state index in [0.717, 1.165) is 0 Å². The molecule has 1 heterocycles. The van der Waals surface area contributed by atoms with E-state index < -0.39 is 0 Å². The molecule has 0 aromatic heterocycles. The number of rotatable bonds is 2. The molecule has 1 aliphatic rings. The fourth-order valence-electron chi connectivity index (χ4n) is 1.84. The summed E-state index contributed by atoms with van der Waals surface area (Å²) in [4.78, 5) is 0. The van der Waals surface area contributed by atoms with E-state index in [4.69, 9.17) is 0 Å². The van der Waals surface area contributed by atoms with Gasteiger partial charge in [-0.25, -0.2) is 0 Å². The largest absolute Gasteiger partial charge is 0.317 e. The van der Waals surface area contributed by atoms with Gasteiger partial charge in [-0.3, -0.25) is 0 Å². The van der Waals surface area contributed by atoms with Crippen LogP contribution in [0.25, 0.3) is 0 Å². The molecule has 1 radical (unpaired) electrons. The third kappa shape index (κ3) is 2.56. The van der Waals surface area contributed by atoms with E-state index in [0.29, 0.717) is 0 Å². The monoisotopic (exact) mass is 174 g/mol. The lowest BCUT2D eigenvalue weighted by Crippen LogP contribution is -2.27. The molecule has 0 amide bonds. The van der Waals surface area contributed by atoms with Crippen LogP contribution in [0.5, 0.6) is 0 Å². The quantitative estimate of drug-likeness (QED) is 0.724. The van der Waals surface area contributed by atoms with Crippen molar-refractivity contribution in [2.75, 3.05) is 13.1 Å². The summed E-state index contributed by atoms with van der Waals surface area (Å²) in [5, 5.41) is 3.38. The van der Waals surface area contributed by atoms with Gasteiger partial charge >= 0.3 is 0 Å². The summed E-state index contributed by atoms with van der Waals surface area (Å²) in [5.41, 5.74) is 1.46. The standard InChI is InChI=1S/C12H16N/c1-2-4-11(5-3-1)10-12-6-8-13-9-7-12/h1-5,13H,6-10H2. The minimum atomic E-state index is 1.17. The topological polar surface area (TPSA) is 12.0 Å². The third-order valence-electron chi connectivity index (χ3n) is 2.61. The van der Waals surface area contributed by atoms with Crippen molar-refractivity contribution in [2.24, 2.45) is 0 Å². The molecule has 0 atom stereocenters. The maximum atomic E-state index is 3.38. The SMILES string of the molecule is c1ccc(C[C]2CCNCC2)cc1. The van der Waals surface area contributed by atoms with Gasteiger partial charge in [0.2, 0.25) is 0 Å². The molecule has 1 saturated heterocycles. The van der Waals surface area contributed by atoms with Gasteiger partial charge in [0.05, 0.1) is 0 Å². The maximum Gasteiger partial charge on any atom is -0.00433 e. The van der Waals surface area contributed by atoms with Crippen molar-refractivity contribution in [1.82, 2.24) is 5.32 Å². The van der Waals surface area contributed by atoms with Crippen LogP contribution in [0.4, 0.5) is 0 Å². The molecule has 1 aliphatic heterocycles. The van der Waals surface area contributed by atoms with Crippen LogP contribution < -0.4 is 5.32 Å². The Balaban J connectivity index is 1.90. The van der Waals surface area contributed by atoms with Gasteiger partial charge in [0.15, 0.2) is 0 Å². The predicted octanol–water partition coefficient (Wildman–Crippen LogP) is 2.19. The Morgan fingerprint density at radius 3 is 2.38 bits per heavy atom. The van der Waals surface area contributed by atoms with Crippen molar-refractivity contribution >= 4 is 0 Å². The van der Waals surface area contributed by atoms with E-state index in [2.05, 4.69) is 35.6 Å². The zero-order valence-corrected chi connectivity index (χ0v) is 7.92. The summed E-state index contributed by atoms with van der Waals surface area (Å²) >= 11 is 0. The summed E-state index contributed by atoms with van der Waals surface area (Å²) in [5.74, 6) is 1.70. The van der Waals surface area contributed by atoms with Gasteiger partial charge in [0.1, 0.15) is 0 Å². The summed E-state index contributed by atoms with van der Waals surface area (Å²) in [7, 11) is 0. The van der Waals surface area contributed by atoms with E-state index in [1.165, 1.54) is 37.9 Å². The molecule has 69 valence electrons. The van der Waals surface area contributed by atoms with Gasteiger partial charge in [-0.1, -0.05) is 30.3 Å². The lowest BCUT2D eigenvalue weighted by atomic mass is 9.91. The number of nitrogens with one attached hydrogen (secondary N) is 1. The molecule has 1 heteroatoms. The molecule has 0 bridgehead atoms. The molecule has 1 fully saturated rings. The highest BCUT2D eigenvalue weighted by Crippen LogP contribution is 2.19. The number of benzene rings is 1. The molecule has 1 nitrogen and oxygen atoms in total. The third-order valence-corrected chi connectivity index (χ3v) is 2.61. The second kappa shape index (κ2) is 4.43. The van der Waals surface area contributed by atoms with Crippen molar-refractivity contribution in [3.05, 3.63) is 41.8 Å². The summed E-state index contributed by atoms with van der Waals surface area (Å²) in [6, 6.07) is 10.8. The molecule has 1 N–H and O–H groups in total. The Kier molecular flexibility index (Phi) is 2.98. The Morgan fingerprint density at radius 2 is 1.69 bits per heavy atom. The second-order valence-corrected chi connectivity index (χ2v) is 3.66. The first-order chi connectivity index (χ1) is 6.45. The van der Waals surface area contributed by atoms with E-state index in [1.807, 2.05) is 0 Å². The normalized spacial score (nSPS) is 18.8. The summed E-state index contributed by atoms with van der Waals surface area (Å²) < 4.78 is 0. The smallest absolute Gasteiger partial charge is 0.00433 e.